The normalized spacial score (nSPS) is 23.0. The van der Waals surface area contributed by atoms with Crippen molar-refractivity contribution in [1.29, 1.82) is 0 Å². The average Bonchev–Trinajstić information content (AvgIpc) is 3.08. The van der Waals surface area contributed by atoms with Gasteiger partial charge in [-0.1, -0.05) is 19.1 Å². The topological polar surface area (TPSA) is 89.9 Å². The van der Waals surface area contributed by atoms with E-state index in [1.54, 1.807) is 9.80 Å². The first-order valence-corrected chi connectivity index (χ1v) is 9.11. The minimum absolute atomic E-state index is 0.0459. The van der Waals surface area contributed by atoms with Gasteiger partial charge in [-0.15, -0.1) is 0 Å². The number of anilines is 1. The van der Waals surface area contributed by atoms with Crippen LogP contribution in [0, 0.1) is 5.41 Å². The summed E-state index contributed by atoms with van der Waals surface area (Å²) in [5.74, 6) is -0.860. The summed E-state index contributed by atoms with van der Waals surface area (Å²) in [7, 11) is 0. The van der Waals surface area contributed by atoms with Crippen molar-refractivity contribution < 1.29 is 19.5 Å². The largest absolute Gasteiger partial charge is 0.481 e. The van der Waals surface area contributed by atoms with E-state index in [0.29, 0.717) is 32.5 Å². The van der Waals surface area contributed by atoms with E-state index in [0.717, 1.165) is 17.7 Å². The van der Waals surface area contributed by atoms with Crippen LogP contribution in [0.2, 0.25) is 0 Å². The Morgan fingerprint density at radius 2 is 1.96 bits per heavy atom. The maximum absolute atomic E-state index is 12.6. The second-order valence-electron chi connectivity index (χ2n) is 7.08. The van der Waals surface area contributed by atoms with E-state index >= 15 is 0 Å². The number of urea groups is 1. The molecule has 2 heterocycles. The fourth-order valence-electron chi connectivity index (χ4n) is 3.76. The van der Waals surface area contributed by atoms with Gasteiger partial charge in [0.1, 0.15) is 0 Å². The molecule has 0 bridgehead atoms. The lowest BCUT2D eigenvalue weighted by atomic mass is 9.77. The van der Waals surface area contributed by atoms with Crippen molar-refractivity contribution in [1.82, 2.24) is 10.2 Å². The number of hydrogen-bond acceptors (Lipinski definition) is 3. The average molecular weight is 359 g/mol. The van der Waals surface area contributed by atoms with Crippen molar-refractivity contribution in [3.05, 3.63) is 29.8 Å². The molecule has 26 heavy (non-hydrogen) atoms. The van der Waals surface area contributed by atoms with Crippen LogP contribution in [0.15, 0.2) is 24.3 Å². The molecule has 0 aliphatic carbocycles. The minimum atomic E-state index is -0.819. The number of benzene rings is 1. The first-order valence-electron chi connectivity index (χ1n) is 9.11. The van der Waals surface area contributed by atoms with Gasteiger partial charge in [0.2, 0.25) is 5.91 Å². The molecule has 1 aromatic carbocycles. The zero-order valence-corrected chi connectivity index (χ0v) is 15.0. The van der Waals surface area contributed by atoms with Gasteiger partial charge >= 0.3 is 12.0 Å². The van der Waals surface area contributed by atoms with Gasteiger partial charge in [-0.2, -0.15) is 0 Å². The van der Waals surface area contributed by atoms with Crippen LogP contribution in [0.3, 0.4) is 0 Å². The molecule has 0 spiro atoms. The van der Waals surface area contributed by atoms with Crippen molar-refractivity contribution >= 4 is 23.6 Å². The van der Waals surface area contributed by atoms with Gasteiger partial charge in [0.05, 0.1) is 11.8 Å². The van der Waals surface area contributed by atoms with Crippen LogP contribution in [-0.2, 0) is 16.0 Å². The SMILES string of the molecule is CC[C@@]1(C(=O)O)CCCN(C(=O)Cc2ccc(N3CCNC3=O)cc2)C1. The van der Waals surface area contributed by atoms with Crippen LogP contribution in [0.1, 0.15) is 31.7 Å². The van der Waals surface area contributed by atoms with Crippen molar-refractivity contribution in [2.24, 2.45) is 5.41 Å². The summed E-state index contributed by atoms with van der Waals surface area (Å²) in [5, 5.41) is 12.3. The Morgan fingerprint density at radius 1 is 1.23 bits per heavy atom. The molecule has 2 aliphatic heterocycles. The third kappa shape index (κ3) is 3.52. The smallest absolute Gasteiger partial charge is 0.321 e. The standard InChI is InChI=1S/C19H25N3O4/c1-2-19(17(24)25)8-3-10-21(13-19)16(23)12-14-4-6-15(7-5-14)22-11-9-20-18(22)26/h4-7H,2-3,8-13H2,1H3,(H,20,26)(H,24,25)/t19-/m1/s1. The van der Waals surface area contributed by atoms with Crippen LogP contribution in [0.4, 0.5) is 10.5 Å². The highest BCUT2D eigenvalue weighted by atomic mass is 16.4. The summed E-state index contributed by atoms with van der Waals surface area (Å²) in [4.78, 5) is 39.3. The Morgan fingerprint density at radius 3 is 2.54 bits per heavy atom. The lowest BCUT2D eigenvalue weighted by molar-refractivity contribution is -0.155. The van der Waals surface area contributed by atoms with Crippen LogP contribution in [0.25, 0.3) is 0 Å². The summed E-state index contributed by atoms with van der Waals surface area (Å²) in [5.41, 5.74) is 0.854. The number of nitrogens with zero attached hydrogens (tertiary/aromatic N) is 2. The monoisotopic (exact) mass is 359 g/mol. The molecule has 0 aromatic heterocycles. The quantitative estimate of drug-likeness (QED) is 0.840. The molecule has 0 unspecified atom stereocenters. The lowest BCUT2D eigenvalue weighted by Gasteiger charge is -2.39. The predicted molar refractivity (Wildman–Crippen MR) is 97.1 cm³/mol. The van der Waals surface area contributed by atoms with Crippen molar-refractivity contribution in [2.45, 2.75) is 32.6 Å². The zero-order chi connectivity index (χ0) is 18.7. The third-order valence-electron chi connectivity index (χ3n) is 5.52. The van der Waals surface area contributed by atoms with Crippen LogP contribution >= 0.6 is 0 Å². The number of likely N-dealkylation sites (tertiary alicyclic amines) is 1. The molecule has 1 atom stereocenters. The number of carbonyl (C=O) groups excluding carboxylic acids is 2. The molecule has 2 aliphatic rings. The zero-order valence-electron chi connectivity index (χ0n) is 15.0. The van der Waals surface area contributed by atoms with Crippen molar-refractivity contribution in [3.63, 3.8) is 0 Å². The van der Waals surface area contributed by atoms with Gasteiger partial charge < -0.3 is 15.3 Å². The summed E-state index contributed by atoms with van der Waals surface area (Å²) in [6.45, 7) is 4.04. The van der Waals surface area contributed by atoms with Crippen molar-refractivity contribution in [3.8, 4) is 0 Å². The molecule has 2 saturated heterocycles. The number of rotatable bonds is 5. The molecule has 2 N–H and O–H groups in total. The Hall–Kier alpha value is -2.57. The maximum atomic E-state index is 12.6. The molecule has 3 amide bonds. The summed E-state index contributed by atoms with van der Waals surface area (Å²) in [6, 6.07) is 7.29. The van der Waals surface area contributed by atoms with E-state index < -0.39 is 11.4 Å². The van der Waals surface area contributed by atoms with E-state index in [-0.39, 0.29) is 24.9 Å². The van der Waals surface area contributed by atoms with Gasteiger partial charge in [-0.25, -0.2) is 4.79 Å². The number of amides is 3. The molecular formula is C19H25N3O4. The molecule has 7 heteroatoms. The molecule has 2 fully saturated rings. The number of aliphatic carboxylic acids is 1. The van der Waals surface area contributed by atoms with Gasteiger partial charge in [0, 0.05) is 31.9 Å². The van der Waals surface area contributed by atoms with E-state index in [2.05, 4.69) is 5.32 Å². The number of carbonyl (C=O) groups is 3. The number of carboxylic acid groups (broad SMARTS) is 1. The Bertz CT molecular complexity index is 703. The minimum Gasteiger partial charge on any atom is -0.481 e. The fourth-order valence-corrected chi connectivity index (χ4v) is 3.76. The third-order valence-corrected chi connectivity index (χ3v) is 5.52. The summed E-state index contributed by atoms with van der Waals surface area (Å²) >= 11 is 0. The molecule has 3 rings (SSSR count). The van der Waals surface area contributed by atoms with Gasteiger partial charge in [0.25, 0.3) is 0 Å². The predicted octanol–water partition coefficient (Wildman–Crippen LogP) is 1.86. The number of piperidine rings is 1. The summed E-state index contributed by atoms with van der Waals surface area (Å²) in [6.07, 6.45) is 2.11. The van der Waals surface area contributed by atoms with Gasteiger partial charge in [-0.05, 0) is 37.0 Å². The van der Waals surface area contributed by atoms with E-state index in [9.17, 15) is 19.5 Å². The highest BCUT2D eigenvalue weighted by Gasteiger charge is 2.41. The number of carboxylic acids is 1. The first kappa shape index (κ1) is 18.2. The number of hydrogen-bond donors (Lipinski definition) is 2. The van der Waals surface area contributed by atoms with Crippen LogP contribution < -0.4 is 10.2 Å². The van der Waals surface area contributed by atoms with E-state index in [1.165, 1.54) is 0 Å². The Kier molecular flexibility index (Phi) is 5.15. The van der Waals surface area contributed by atoms with Gasteiger partial charge in [0.15, 0.2) is 0 Å². The molecule has 0 radical (unpaired) electrons. The van der Waals surface area contributed by atoms with E-state index in [4.69, 9.17) is 0 Å². The fraction of sp³-hybridized carbons (Fsp3) is 0.526. The van der Waals surface area contributed by atoms with Crippen LogP contribution in [-0.4, -0.2) is 54.1 Å². The molecule has 1 aromatic rings. The Labute approximate surface area is 153 Å². The van der Waals surface area contributed by atoms with Gasteiger partial charge in [-0.3, -0.25) is 14.5 Å². The van der Waals surface area contributed by atoms with E-state index in [1.807, 2.05) is 31.2 Å². The highest BCUT2D eigenvalue weighted by Crippen LogP contribution is 2.34. The highest BCUT2D eigenvalue weighted by molar-refractivity contribution is 5.94. The summed E-state index contributed by atoms with van der Waals surface area (Å²) < 4.78 is 0. The molecular weight excluding hydrogens is 334 g/mol. The number of nitrogens with one attached hydrogen (secondary N) is 1. The molecule has 7 nitrogen and oxygen atoms in total. The second kappa shape index (κ2) is 7.35. The molecule has 0 saturated carbocycles. The Balaban J connectivity index is 1.64. The lowest BCUT2D eigenvalue weighted by Crippen LogP contribution is -2.50. The van der Waals surface area contributed by atoms with Crippen molar-refractivity contribution in [2.75, 3.05) is 31.1 Å². The van der Waals surface area contributed by atoms with Crippen LogP contribution in [0.5, 0.6) is 0 Å². The first-order chi connectivity index (χ1) is 12.4. The maximum Gasteiger partial charge on any atom is 0.321 e. The second-order valence-corrected chi connectivity index (χ2v) is 7.08. The molecule has 140 valence electrons.